The van der Waals surface area contributed by atoms with Gasteiger partial charge in [0, 0.05) is 7.05 Å². The fourth-order valence-corrected chi connectivity index (χ4v) is 1.30. The van der Waals surface area contributed by atoms with Crippen LogP contribution >= 0.6 is 11.6 Å². The molecule has 0 aliphatic heterocycles. The van der Waals surface area contributed by atoms with Crippen LogP contribution < -0.4 is 4.74 Å². The Morgan fingerprint density at radius 3 is 2.80 bits per heavy atom. The highest BCUT2D eigenvalue weighted by molar-refractivity contribution is 6.28. The van der Waals surface area contributed by atoms with Crippen molar-refractivity contribution < 1.29 is 4.74 Å². The molecule has 7 heteroatoms. The van der Waals surface area contributed by atoms with Crippen molar-refractivity contribution in [1.29, 1.82) is 0 Å². The maximum absolute atomic E-state index is 5.71. The van der Waals surface area contributed by atoms with Gasteiger partial charge in [-0.1, -0.05) is 0 Å². The largest absolute Gasteiger partial charge is 0.493 e. The van der Waals surface area contributed by atoms with Gasteiger partial charge in [-0.05, 0) is 11.6 Å². The Bertz CT molecular complexity index is 484. The number of hydrogen-bond donors (Lipinski definition) is 0. The van der Waals surface area contributed by atoms with Crippen molar-refractivity contribution in [3.8, 4) is 17.3 Å². The van der Waals surface area contributed by atoms with Crippen LogP contribution in [0.15, 0.2) is 12.5 Å². The zero-order valence-corrected chi connectivity index (χ0v) is 8.93. The fourth-order valence-electron chi connectivity index (χ4n) is 1.17. The standard InChI is InChI=1S/C8H8ClN5O/c1-14-7(11-4-12-14)6-5(15-2)3-10-8(9)13-6/h3-4H,1-2H3. The summed E-state index contributed by atoms with van der Waals surface area (Å²) < 4.78 is 6.70. The first-order valence-electron chi connectivity index (χ1n) is 4.13. The van der Waals surface area contributed by atoms with Crippen molar-refractivity contribution in [2.45, 2.75) is 0 Å². The van der Waals surface area contributed by atoms with E-state index in [0.29, 0.717) is 17.3 Å². The third-order valence-electron chi connectivity index (χ3n) is 1.87. The van der Waals surface area contributed by atoms with E-state index in [4.69, 9.17) is 16.3 Å². The fraction of sp³-hybridized carbons (Fsp3) is 0.250. The Morgan fingerprint density at radius 2 is 2.20 bits per heavy atom. The molecular weight excluding hydrogens is 218 g/mol. The number of ether oxygens (including phenoxy) is 1. The molecule has 0 aliphatic carbocycles. The Hall–Kier alpha value is -1.69. The van der Waals surface area contributed by atoms with Crippen LogP contribution in [0.4, 0.5) is 0 Å². The molecule has 0 aliphatic rings. The van der Waals surface area contributed by atoms with Gasteiger partial charge < -0.3 is 4.74 Å². The Morgan fingerprint density at radius 1 is 1.40 bits per heavy atom. The van der Waals surface area contributed by atoms with Crippen LogP contribution in [0.3, 0.4) is 0 Å². The summed E-state index contributed by atoms with van der Waals surface area (Å²) in [7, 11) is 3.30. The molecule has 0 fully saturated rings. The van der Waals surface area contributed by atoms with Crippen molar-refractivity contribution in [3.05, 3.63) is 17.8 Å². The van der Waals surface area contributed by atoms with Gasteiger partial charge >= 0.3 is 0 Å². The number of methoxy groups -OCH3 is 1. The zero-order chi connectivity index (χ0) is 10.8. The third-order valence-corrected chi connectivity index (χ3v) is 2.05. The molecule has 2 aromatic rings. The van der Waals surface area contributed by atoms with E-state index in [-0.39, 0.29) is 5.28 Å². The van der Waals surface area contributed by atoms with E-state index >= 15 is 0 Å². The molecule has 2 heterocycles. The van der Waals surface area contributed by atoms with Gasteiger partial charge in [-0.25, -0.2) is 19.6 Å². The minimum absolute atomic E-state index is 0.147. The molecule has 0 unspecified atom stereocenters. The first kappa shape index (κ1) is 9.85. The summed E-state index contributed by atoms with van der Waals surface area (Å²) in [5.74, 6) is 1.09. The first-order valence-corrected chi connectivity index (χ1v) is 4.51. The van der Waals surface area contributed by atoms with Crippen molar-refractivity contribution in [2.75, 3.05) is 7.11 Å². The molecule has 0 atom stereocenters. The molecule has 0 aromatic carbocycles. The van der Waals surface area contributed by atoms with Crippen molar-refractivity contribution >= 4 is 11.6 Å². The van der Waals surface area contributed by atoms with Crippen LogP contribution in [0, 0.1) is 0 Å². The van der Waals surface area contributed by atoms with Crippen LogP contribution in [0.1, 0.15) is 0 Å². The van der Waals surface area contributed by atoms with Gasteiger partial charge in [0.25, 0.3) is 0 Å². The van der Waals surface area contributed by atoms with E-state index < -0.39 is 0 Å². The zero-order valence-electron chi connectivity index (χ0n) is 8.18. The SMILES string of the molecule is COc1cnc(Cl)nc1-c1ncnn1C. The van der Waals surface area contributed by atoms with E-state index in [1.54, 1.807) is 11.7 Å². The number of rotatable bonds is 2. The molecule has 2 rings (SSSR count). The second kappa shape index (κ2) is 3.82. The molecule has 0 spiro atoms. The van der Waals surface area contributed by atoms with E-state index in [1.807, 2.05) is 0 Å². The number of hydrogen-bond acceptors (Lipinski definition) is 5. The Labute approximate surface area is 90.9 Å². The summed E-state index contributed by atoms with van der Waals surface area (Å²) in [6, 6.07) is 0. The lowest BCUT2D eigenvalue weighted by Crippen LogP contribution is -2.00. The maximum Gasteiger partial charge on any atom is 0.223 e. The second-order valence-electron chi connectivity index (χ2n) is 2.76. The molecule has 2 aromatic heterocycles. The van der Waals surface area contributed by atoms with Crippen molar-refractivity contribution in [3.63, 3.8) is 0 Å². The van der Waals surface area contributed by atoms with Gasteiger partial charge in [0.15, 0.2) is 17.3 Å². The number of halogens is 1. The Balaban J connectivity index is 2.60. The summed E-state index contributed by atoms with van der Waals surface area (Å²) in [5.41, 5.74) is 0.525. The summed E-state index contributed by atoms with van der Waals surface area (Å²) in [6.07, 6.45) is 2.93. The topological polar surface area (TPSA) is 65.7 Å². The summed E-state index contributed by atoms with van der Waals surface area (Å²) in [6.45, 7) is 0. The normalized spacial score (nSPS) is 10.3. The van der Waals surface area contributed by atoms with Crippen LogP contribution in [-0.2, 0) is 7.05 Å². The van der Waals surface area contributed by atoms with Gasteiger partial charge in [-0.3, -0.25) is 0 Å². The van der Waals surface area contributed by atoms with Gasteiger partial charge in [0.2, 0.25) is 5.28 Å². The summed E-state index contributed by atoms with van der Waals surface area (Å²) in [5, 5.41) is 4.09. The second-order valence-corrected chi connectivity index (χ2v) is 3.10. The number of nitrogens with zero attached hydrogens (tertiary/aromatic N) is 5. The van der Waals surface area contributed by atoms with Crippen LogP contribution in [0.5, 0.6) is 5.75 Å². The molecule has 0 radical (unpaired) electrons. The average Bonchev–Trinajstić information content (AvgIpc) is 2.64. The van der Waals surface area contributed by atoms with Crippen molar-refractivity contribution in [2.24, 2.45) is 7.05 Å². The Kier molecular flexibility index (Phi) is 2.51. The quantitative estimate of drug-likeness (QED) is 0.712. The molecular formula is C8H8ClN5O. The van der Waals surface area contributed by atoms with E-state index in [0.717, 1.165) is 0 Å². The van der Waals surface area contributed by atoms with E-state index in [2.05, 4.69) is 20.1 Å². The molecule has 78 valence electrons. The molecule has 15 heavy (non-hydrogen) atoms. The number of aryl methyl sites for hydroxylation is 1. The molecule has 6 nitrogen and oxygen atoms in total. The maximum atomic E-state index is 5.71. The van der Waals surface area contributed by atoms with Crippen LogP contribution in [-0.4, -0.2) is 31.8 Å². The van der Waals surface area contributed by atoms with Gasteiger partial charge in [0.05, 0.1) is 13.3 Å². The lowest BCUT2D eigenvalue weighted by molar-refractivity contribution is 0.412. The minimum atomic E-state index is 0.147. The highest BCUT2D eigenvalue weighted by atomic mass is 35.5. The summed E-state index contributed by atoms with van der Waals surface area (Å²) in [4.78, 5) is 11.9. The predicted octanol–water partition coefficient (Wildman–Crippen LogP) is 0.934. The predicted molar refractivity (Wildman–Crippen MR) is 53.6 cm³/mol. The minimum Gasteiger partial charge on any atom is -0.493 e. The lowest BCUT2D eigenvalue weighted by atomic mass is 10.3. The highest BCUT2D eigenvalue weighted by Gasteiger charge is 2.13. The van der Waals surface area contributed by atoms with Crippen LogP contribution in [0.25, 0.3) is 11.5 Å². The number of aromatic nitrogens is 5. The summed E-state index contributed by atoms with van der Waals surface area (Å²) >= 11 is 5.71. The molecule has 0 saturated heterocycles. The third kappa shape index (κ3) is 1.75. The van der Waals surface area contributed by atoms with E-state index in [9.17, 15) is 0 Å². The highest BCUT2D eigenvalue weighted by Crippen LogP contribution is 2.25. The molecule has 0 amide bonds. The monoisotopic (exact) mass is 225 g/mol. The van der Waals surface area contributed by atoms with Gasteiger partial charge in [-0.15, -0.1) is 0 Å². The molecule has 0 N–H and O–H groups in total. The molecule has 0 saturated carbocycles. The van der Waals surface area contributed by atoms with Crippen LogP contribution in [0.2, 0.25) is 5.28 Å². The molecule has 0 bridgehead atoms. The van der Waals surface area contributed by atoms with Gasteiger partial charge in [0.1, 0.15) is 6.33 Å². The lowest BCUT2D eigenvalue weighted by Gasteiger charge is -2.05. The first-order chi connectivity index (χ1) is 7.22. The smallest absolute Gasteiger partial charge is 0.223 e. The van der Waals surface area contributed by atoms with Crippen molar-refractivity contribution in [1.82, 2.24) is 24.7 Å². The average molecular weight is 226 g/mol. The van der Waals surface area contributed by atoms with Gasteiger partial charge in [-0.2, -0.15) is 5.10 Å². The van der Waals surface area contributed by atoms with E-state index in [1.165, 1.54) is 19.6 Å².